The van der Waals surface area contributed by atoms with Gasteiger partial charge >= 0.3 is 11.9 Å². The van der Waals surface area contributed by atoms with Crippen molar-refractivity contribution in [3.63, 3.8) is 0 Å². The zero-order valence-corrected chi connectivity index (χ0v) is 64.6. The van der Waals surface area contributed by atoms with Crippen molar-refractivity contribution in [2.45, 2.75) is 463 Å². The van der Waals surface area contributed by atoms with Gasteiger partial charge in [0.2, 0.25) is 0 Å². The number of likely N-dealkylation sites (N-methyl/N-ethyl adjacent to an activating group) is 1. The molecule has 0 aromatic heterocycles. The number of rotatable bonds is 81. The molecular formula is C86H165NO8. The molecule has 0 saturated heterocycles. The standard InChI is InChI=1S/C86H165NO8/c1-6-8-10-12-14-16-18-20-22-24-26-28-30-32-34-36-37-38-39-40-41-42-43-44-45-46-47-49-51-53-55-57-59-61-63-65-67-69-71-73-75-77-84(89)95-82(81-94-86(85(90)91)92-79-78-87(3,4)5)80-93-83(88)76-74-72-70-68-66-64-62-60-58-56-54-52-50-48-35-33-31-29-27-25-23-21-19-17-15-13-11-9-7-2/h18,20,24,26,82,86H,6-17,19,21-23,25,27-81H2,1-5H3/b20-18-,26-24-. The van der Waals surface area contributed by atoms with Crippen LogP contribution in [0.3, 0.4) is 0 Å². The first kappa shape index (κ1) is 92.8. The van der Waals surface area contributed by atoms with Gasteiger partial charge in [0.1, 0.15) is 13.2 Å². The number of carboxylic acid groups (broad SMARTS) is 1. The van der Waals surface area contributed by atoms with Crippen molar-refractivity contribution < 1.29 is 42.9 Å². The van der Waals surface area contributed by atoms with Crippen molar-refractivity contribution in [2.24, 2.45) is 0 Å². The molecule has 0 bridgehead atoms. The van der Waals surface area contributed by atoms with Crippen molar-refractivity contribution in [1.82, 2.24) is 0 Å². The quantitative estimate of drug-likeness (QED) is 0.0195. The van der Waals surface area contributed by atoms with Gasteiger partial charge in [-0.1, -0.05) is 417 Å². The van der Waals surface area contributed by atoms with E-state index in [1.165, 1.54) is 379 Å². The Kier molecular flexibility index (Phi) is 75.7. The van der Waals surface area contributed by atoms with Crippen LogP contribution < -0.4 is 5.11 Å². The first-order valence-corrected chi connectivity index (χ1v) is 42.5. The van der Waals surface area contributed by atoms with E-state index in [0.717, 1.165) is 44.9 Å². The fourth-order valence-corrected chi connectivity index (χ4v) is 13.2. The number of hydrogen-bond donors (Lipinski definition) is 0. The summed E-state index contributed by atoms with van der Waals surface area (Å²) in [5.41, 5.74) is 0. The summed E-state index contributed by atoms with van der Waals surface area (Å²) in [5.74, 6) is -2.24. The van der Waals surface area contributed by atoms with Crippen LogP contribution in [0.2, 0.25) is 0 Å². The monoisotopic (exact) mass is 1340 g/mol. The number of nitrogens with zero attached hydrogens (tertiary/aromatic N) is 1. The van der Waals surface area contributed by atoms with E-state index in [9.17, 15) is 19.5 Å². The van der Waals surface area contributed by atoms with E-state index in [-0.39, 0.29) is 32.2 Å². The molecule has 0 aliphatic carbocycles. The Morgan fingerprint density at radius 2 is 0.568 bits per heavy atom. The maximum atomic E-state index is 13.0. The van der Waals surface area contributed by atoms with E-state index in [0.29, 0.717) is 17.4 Å². The second-order valence-electron chi connectivity index (χ2n) is 30.5. The average molecular weight is 1340 g/mol. The van der Waals surface area contributed by atoms with Crippen LogP contribution in [0.4, 0.5) is 0 Å². The number of allylic oxidation sites excluding steroid dienone is 4. The molecule has 2 atom stereocenters. The van der Waals surface area contributed by atoms with Crippen LogP contribution in [-0.2, 0) is 33.3 Å². The molecule has 2 unspecified atom stereocenters. The van der Waals surface area contributed by atoms with Gasteiger partial charge in [0, 0.05) is 12.8 Å². The second-order valence-corrected chi connectivity index (χ2v) is 30.5. The molecule has 0 N–H and O–H groups in total. The molecule has 0 radical (unpaired) electrons. The van der Waals surface area contributed by atoms with Gasteiger partial charge < -0.3 is 33.3 Å². The lowest BCUT2D eigenvalue weighted by Gasteiger charge is -2.26. The molecule has 0 aliphatic heterocycles. The Morgan fingerprint density at radius 3 is 0.832 bits per heavy atom. The molecule has 0 spiro atoms. The molecule has 9 heteroatoms. The van der Waals surface area contributed by atoms with Gasteiger partial charge in [-0.25, -0.2) is 0 Å². The second kappa shape index (κ2) is 77.5. The normalized spacial score (nSPS) is 12.6. The molecule has 0 aromatic carbocycles. The Hall–Kier alpha value is -2.23. The minimum absolute atomic E-state index is 0.153. The minimum atomic E-state index is -1.62. The largest absolute Gasteiger partial charge is 0.545 e. The fraction of sp³-hybridized carbons (Fsp3) is 0.919. The van der Waals surface area contributed by atoms with Gasteiger partial charge in [0.05, 0.1) is 40.3 Å². The summed E-state index contributed by atoms with van der Waals surface area (Å²) in [7, 11) is 5.96. The van der Waals surface area contributed by atoms with Gasteiger partial charge in [-0.2, -0.15) is 0 Å². The van der Waals surface area contributed by atoms with Gasteiger partial charge in [-0.3, -0.25) is 9.59 Å². The van der Waals surface area contributed by atoms with Crippen molar-refractivity contribution in [1.29, 1.82) is 0 Å². The fourth-order valence-electron chi connectivity index (χ4n) is 13.2. The van der Waals surface area contributed by atoms with E-state index < -0.39 is 24.3 Å². The number of carboxylic acids is 1. The zero-order valence-electron chi connectivity index (χ0n) is 64.6. The van der Waals surface area contributed by atoms with Crippen LogP contribution >= 0.6 is 0 Å². The molecule has 0 saturated carbocycles. The van der Waals surface area contributed by atoms with E-state index in [1.54, 1.807) is 0 Å². The number of carbonyl (C=O) groups excluding carboxylic acids is 3. The summed E-state index contributed by atoms with van der Waals surface area (Å²) in [6, 6.07) is 0. The minimum Gasteiger partial charge on any atom is -0.545 e. The van der Waals surface area contributed by atoms with Gasteiger partial charge in [0.15, 0.2) is 12.4 Å². The molecule has 0 fully saturated rings. The number of esters is 2. The zero-order chi connectivity index (χ0) is 69.0. The number of carbonyl (C=O) groups is 3. The molecular weight excluding hydrogens is 1170 g/mol. The number of ether oxygens (including phenoxy) is 4. The molecule has 0 aliphatic rings. The van der Waals surface area contributed by atoms with E-state index in [1.807, 2.05) is 21.1 Å². The Balaban J connectivity index is 3.90. The summed E-state index contributed by atoms with van der Waals surface area (Å²) in [4.78, 5) is 37.6. The van der Waals surface area contributed by atoms with Crippen LogP contribution in [0, 0.1) is 0 Å². The van der Waals surface area contributed by atoms with Crippen molar-refractivity contribution in [2.75, 3.05) is 47.5 Å². The highest BCUT2D eigenvalue weighted by atomic mass is 16.7. The third-order valence-electron chi connectivity index (χ3n) is 19.7. The summed E-state index contributed by atoms with van der Waals surface area (Å²) >= 11 is 0. The smallest absolute Gasteiger partial charge is 0.306 e. The van der Waals surface area contributed by atoms with Gasteiger partial charge in [0.25, 0.3) is 0 Å². The van der Waals surface area contributed by atoms with E-state index in [2.05, 4.69) is 38.2 Å². The van der Waals surface area contributed by atoms with Crippen molar-refractivity contribution in [3.05, 3.63) is 24.3 Å². The van der Waals surface area contributed by atoms with Crippen LogP contribution in [0.1, 0.15) is 450 Å². The first-order chi connectivity index (χ1) is 46.6. The SMILES string of the molecule is CCCCCCC/C=C\C/C=C\CCCCCCCCCCCCCCCCCCCCCCCCCCCCCCCC(=O)OC(COC(=O)CCCCCCCCCCCCCCCCCCCCCCCCCCCCCCC)COC(OCC[N+](C)(C)C)C(=O)[O-]. The van der Waals surface area contributed by atoms with Crippen LogP contribution in [0.25, 0.3) is 0 Å². The maximum Gasteiger partial charge on any atom is 0.306 e. The predicted molar refractivity (Wildman–Crippen MR) is 408 cm³/mol. The van der Waals surface area contributed by atoms with E-state index >= 15 is 0 Å². The number of unbranched alkanes of at least 4 members (excludes halogenated alkanes) is 62. The average Bonchev–Trinajstić information content (AvgIpc) is 3.54. The molecule has 0 aromatic rings. The first-order valence-electron chi connectivity index (χ1n) is 42.5. The lowest BCUT2D eigenvalue weighted by atomic mass is 10.0. The number of hydrogen-bond acceptors (Lipinski definition) is 8. The number of aliphatic carboxylic acids is 1. The summed E-state index contributed by atoms with van der Waals surface area (Å²) in [5, 5.41) is 11.9. The highest BCUT2D eigenvalue weighted by molar-refractivity contribution is 5.70. The van der Waals surface area contributed by atoms with Crippen LogP contribution in [0.15, 0.2) is 24.3 Å². The Labute approximate surface area is 592 Å². The maximum absolute atomic E-state index is 13.0. The molecule has 95 heavy (non-hydrogen) atoms. The van der Waals surface area contributed by atoms with Crippen molar-refractivity contribution >= 4 is 17.9 Å². The van der Waals surface area contributed by atoms with Gasteiger partial charge in [-0.05, 0) is 44.9 Å². The van der Waals surface area contributed by atoms with E-state index in [4.69, 9.17) is 18.9 Å². The van der Waals surface area contributed by atoms with Crippen LogP contribution in [-0.4, -0.2) is 82.3 Å². The summed E-state index contributed by atoms with van der Waals surface area (Å²) in [6.07, 6.45) is 96.2. The third kappa shape index (κ3) is 79.0. The van der Waals surface area contributed by atoms with Gasteiger partial charge in [-0.15, -0.1) is 0 Å². The summed E-state index contributed by atoms with van der Waals surface area (Å²) < 4.78 is 22.9. The number of quaternary nitrogens is 1. The summed E-state index contributed by atoms with van der Waals surface area (Å²) in [6.45, 7) is 4.83. The van der Waals surface area contributed by atoms with Crippen molar-refractivity contribution in [3.8, 4) is 0 Å². The third-order valence-corrected chi connectivity index (χ3v) is 19.7. The molecule has 0 amide bonds. The molecule has 562 valence electrons. The lowest BCUT2D eigenvalue weighted by Crippen LogP contribution is -2.44. The highest BCUT2D eigenvalue weighted by Crippen LogP contribution is 2.21. The molecule has 9 nitrogen and oxygen atoms in total. The molecule has 0 rings (SSSR count). The molecule has 0 heterocycles. The predicted octanol–water partition coefficient (Wildman–Crippen LogP) is 25.9. The topological polar surface area (TPSA) is 111 Å². The Bertz CT molecular complexity index is 1610. The van der Waals surface area contributed by atoms with Crippen LogP contribution in [0.5, 0.6) is 0 Å². The highest BCUT2D eigenvalue weighted by Gasteiger charge is 2.22. The lowest BCUT2D eigenvalue weighted by molar-refractivity contribution is -0.870. The Morgan fingerprint density at radius 1 is 0.316 bits per heavy atom.